The molecule has 4 N–H and O–H groups in total. The van der Waals surface area contributed by atoms with Crippen LogP contribution in [0.15, 0.2) is 24.3 Å². The molecule has 1 aromatic carbocycles. The van der Waals surface area contributed by atoms with Crippen molar-refractivity contribution in [2.45, 2.75) is 18.1 Å². The van der Waals surface area contributed by atoms with Crippen LogP contribution in [-0.4, -0.2) is 34.4 Å². The van der Waals surface area contributed by atoms with Crippen molar-refractivity contribution < 1.29 is 24.4 Å². The molecule has 6 heteroatoms. The third kappa shape index (κ3) is 2.80. The van der Waals surface area contributed by atoms with Crippen LogP contribution in [-0.2, 0) is 10.5 Å². The Balaban J connectivity index is 2.30. The predicted molar refractivity (Wildman–Crippen MR) is 56.0 cm³/mol. The second kappa shape index (κ2) is 4.32. The van der Waals surface area contributed by atoms with Gasteiger partial charge in [0.1, 0.15) is 5.82 Å². The molecule has 2 rings (SSSR count). The monoisotopic (exact) mass is 243 g/mol. The maximum absolute atomic E-state index is 12.8. The quantitative estimate of drug-likeness (QED) is 0.505. The van der Waals surface area contributed by atoms with E-state index in [1.807, 2.05) is 0 Å². The fourth-order valence-electron chi connectivity index (χ4n) is 1.81. The molecule has 0 amide bonds. The summed E-state index contributed by atoms with van der Waals surface area (Å²) in [5.41, 5.74) is 0.273. The van der Waals surface area contributed by atoms with Crippen molar-refractivity contribution in [3.05, 3.63) is 35.6 Å². The van der Waals surface area contributed by atoms with Crippen molar-refractivity contribution in [3.63, 3.8) is 0 Å². The highest BCUT2D eigenvalue weighted by atomic mass is 19.1. The van der Waals surface area contributed by atoms with Crippen molar-refractivity contribution in [3.8, 4) is 0 Å². The van der Waals surface area contributed by atoms with Gasteiger partial charge in [0.15, 0.2) is 5.79 Å². The molecule has 0 aliphatic carbocycles. The highest BCUT2D eigenvalue weighted by molar-refractivity contribution is 5.21. The Morgan fingerprint density at radius 3 is 2.47 bits per heavy atom. The Bertz CT molecular complexity index is 395. The normalized spacial score (nSPS) is 28.7. The van der Waals surface area contributed by atoms with Crippen molar-refractivity contribution in [2.24, 2.45) is 0 Å². The fourth-order valence-corrected chi connectivity index (χ4v) is 1.81. The van der Waals surface area contributed by atoms with Gasteiger partial charge in [0, 0.05) is 12.1 Å². The third-order valence-corrected chi connectivity index (χ3v) is 2.63. The molecule has 1 unspecified atom stereocenters. The molecule has 1 aromatic rings. The highest BCUT2D eigenvalue weighted by Gasteiger charge is 2.42. The molecule has 1 atom stereocenters. The zero-order chi connectivity index (χ0) is 12.5. The van der Waals surface area contributed by atoms with E-state index in [0.717, 1.165) is 0 Å². The minimum absolute atomic E-state index is 0.108. The molecule has 1 saturated heterocycles. The largest absolute Gasteiger partial charge is 0.362 e. The van der Waals surface area contributed by atoms with E-state index >= 15 is 0 Å². The molecule has 5 nitrogen and oxygen atoms in total. The Hall–Kier alpha value is -1.05. The molecular weight excluding hydrogens is 229 g/mol. The number of hydrogen-bond donors (Lipinski definition) is 4. The number of ether oxygens (including phenoxy) is 1. The molecule has 0 aromatic heterocycles. The second-order valence-corrected chi connectivity index (χ2v) is 4.06. The zero-order valence-corrected chi connectivity index (χ0v) is 9.06. The molecule has 0 saturated carbocycles. The second-order valence-electron chi connectivity index (χ2n) is 4.06. The van der Waals surface area contributed by atoms with Crippen LogP contribution in [0.2, 0.25) is 0 Å². The van der Waals surface area contributed by atoms with Crippen LogP contribution >= 0.6 is 0 Å². The van der Waals surface area contributed by atoms with Gasteiger partial charge in [-0.1, -0.05) is 12.1 Å². The van der Waals surface area contributed by atoms with Crippen LogP contribution in [0, 0.1) is 5.82 Å². The van der Waals surface area contributed by atoms with E-state index in [0.29, 0.717) is 0 Å². The first-order valence-corrected chi connectivity index (χ1v) is 5.23. The van der Waals surface area contributed by atoms with Gasteiger partial charge in [-0.15, -0.1) is 0 Å². The molecule has 0 radical (unpaired) electrons. The van der Waals surface area contributed by atoms with Crippen molar-refractivity contribution in [1.29, 1.82) is 0 Å². The third-order valence-electron chi connectivity index (χ3n) is 2.63. The van der Waals surface area contributed by atoms with Crippen molar-refractivity contribution in [2.75, 3.05) is 13.2 Å². The lowest BCUT2D eigenvalue weighted by molar-refractivity contribution is -0.272. The number of nitrogens with one attached hydrogen (secondary N) is 1. The maximum atomic E-state index is 12.8. The average molecular weight is 243 g/mol. The van der Waals surface area contributed by atoms with Gasteiger partial charge in [0.05, 0.1) is 13.0 Å². The van der Waals surface area contributed by atoms with Crippen LogP contribution in [0.5, 0.6) is 0 Å². The standard InChI is InChI=1S/C11H14FNO4/c12-9-3-1-8(2-4-9)10(14)7-11(15,16)13-5-6-17-10/h1-4,13-16H,5-7H2. The lowest BCUT2D eigenvalue weighted by Gasteiger charge is -2.31. The Morgan fingerprint density at radius 2 is 1.82 bits per heavy atom. The molecule has 1 aliphatic rings. The fraction of sp³-hybridized carbons (Fsp3) is 0.455. The highest BCUT2D eigenvalue weighted by Crippen LogP contribution is 2.31. The Labute approximate surface area is 97.5 Å². The summed E-state index contributed by atoms with van der Waals surface area (Å²) in [6.45, 7) is 0.299. The van der Waals surface area contributed by atoms with Gasteiger partial charge >= 0.3 is 0 Å². The minimum atomic E-state index is -2.22. The summed E-state index contributed by atoms with van der Waals surface area (Å²) in [7, 11) is 0. The molecule has 0 bridgehead atoms. The van der Waals surface area contributed by atoms with Crippen LogP contribution in [0.4, 0.5) is 4.39 Å². The summed E-state index contributed by atoms with van der Waals surface area (Å²) in [4.78, 5) is 0. The van der Waals surface area contributed by atoms with Crippen molar-refractivity contribution >= 4 is 0 Å². The van der Waals surface area contributed by atoms with E-state index < -0.39 is 23.9 Å². The van der Waals surface area contributed by atoms with E-state index in [1.165, 1.54) is 24.3 Å². The first-order chi connectivity index (χ1) is 7.91. The molecule has 0 spiro atoms. The summed E-state index contributed by atoms with van der Waals surface area (Å²) in [5.74, 6) is -4.51. The van der Waals surface area contributed by atoms with E-state index in [2.05, 4.69) is 5.32 Å². The lowest BCUT2D eigenvalue weighted by Crippen LogP contribution is -2.48. The predicted octanol–water partition coefficient (Wildman–Crippen LogP) is -0.381. The average Bonchev–Trinajstić information content (AvgIpc) is 2.38. The first kappa shape index (κ1) is 12.4. The van der Waals surface area contributed by atoms with Crippen LogP contribution in [0.3, 0.4) is 0 Å². The molecule has 17 heavy (non-hydrogen) atoms. The Morgan fingerprint density at radius 1 is 1.18 bits per heavy atom. The minimum Gasteiger partial charge on any atom is -0.362 e. The summed E-state index contributed by atoms with van der Waals surface area (Å²) >= 11 is 0. The first-order valence-electron chi connectivity index (χ1n) is 5.23. The number of hydrogen-bond acceptors (Lipinski definition) is 5. The van der Waals surface area contributed by atoms with E-state index in [1.54, 1.807) is 0 Å². The van der Waals surface area contributed by atoms with E-state index in [9.17, 15) is 19.7 Å². The van der Waals surface area contributed by atoms with Gasteiger partial charge in [-0.05, 0) is 12.1 Å². The summed E-state index contributed by atoms with van der Waals surface area (Å²) in [6.07, 6.45) is -0.467. The topological polar surface area (TPSA) is 82.0 Å². The number of rotatable bonds is 1. The van der Waals surface area contributed by atoms with Gasteiger partial charge in [-0.2, -0.15) is 0 Å². The summed E-state index contributed by atoms with van der Waals surface area (Å²) in [5, 5.41) is 31.7. The Kier molecular flexibility index (Phi) is 3.15. The summed E-state index contributed by atoms with van der Waals surface area (Å²) in [6, 6.07) is 5.03. The number of benzene rings is 1. The number of aliphatic hydroxyl groups is 3. The molecule has 1 aliphatic heterocycles. The zero-order valence-electron chi connectivity index (χ0n) is 9.06. The molecular formula is C11H14FNO4. The van der Waals surface area contributed by atoms with E-state index in [4.69, 9.17) is 4.74 Å². The lowest BCUT2D eigenvalue weighted by atomic mass is 10.0. The van der Waals surface area contributed by atoms with Gasteiger partial charge in [-0.25, -0.2) is 4.39 Å². The molecule has 1 heterocycles. The SMILES string of the molecule is OC1(O)CC(O)(c2ccc(F)cc2)OCCN1. The van der Waals surface area contributed by atoms with Gasteiger partial charge in [0.2, 0.25) is 5.91 Å². The van der Waals surface area contributed by atoms with Gasteiger partial charge in [0.25, 0.3) is 0 Å². The number of halogens is 1. The van der Waals surface area contributed by atoms with Crippen LogP contribution < -0.4 is 5.32 Å². The van der Waals surface area contributed by atoms with Crippen LogP contribution in [0.25, 0.3) is 0 Å². The smallest absolute Gasteiger partial charge is 0.228 e. The van der Waals surface area contributed by atoms with E-state index in [-0.39, 0.29) is 18.7 Å². The van der Waals surface area contributed by atoms with Gasteiger partial charge in [-0.3, -0.25) is 5.32 Å². The molecule has 94 valence electrons. The van der Waals surface area contributed by atoms with Crippen molar-refractivity contribution in [1.82, 2.24) is 5.32 Å². The van der Waals surface area contributed by atoms with Gasteiger partial charge < -0.3 is 20.1 Å². The summed E-state index contributed by atoms with van der Waals surface area (Å²) < 4.78 is 18.0. The molecule has 1 fully saturated rings. The maximum Gasteiger partial charge on any atom is 0.228 e. The van der Waals surface area contributed by atoms with Crippen LogP contribution in [0.1, 0.15) is 12.0 Å².